The maximum absolute atomic E-state index is 12.9. The van der Waals surface area contributed by atoms with Gasteiger partial charge in [0, 0.05) is 31.2 Å². The monoisotopic (exact) mass is 567 g/mol. The van der Waals surface area contributed by atoms with E-state index in [0.29, 0.717) is 20.4 Å². The van der Waals surface area contributed by atoms with Gasteiger partial charge in [-0.1, -0.05) is 6.07 Å². The lowest BCUT2D eigenvalue weighted by atomic mass is 9.93. The topological polar surface area (TPSA) is 108 Å². The Morgan fingerprint density at radius 1 is 1.08 bits per heavy atom. The molecule has 16 heteroatoms. The van der Waals surface area contributed by atoms with Gasteiger partial charge in [0.25, 0.3) is 0 Å². The molecule has 1 fully saturated rings. The molecule has 4 rings (SSSR count). The van der Waals surface area contributed by atoms with Crippen molar-refractivity contribution >= 4 is 33.0 Å². The first kappa shape index (κ1) is 27.2. The molecule has 0 amide bonds. The van der Waals surface area contributed by atoms with Crippen LogP contribution in [0.3, 0.4) is 0 Å². The smallest absolute Gasteiger partial charge is 0.383 e. The van der Waals surface area contributed by atoms with Gasteiger partial charge in [-0.25, -0.2) is 23.4 Å². The molecule has 1 aliphatic heterocycles. The zero-order valence-corrected chi connectivity index (χ0v) is 20.6. The van der Waals surface area contributed by atoms with Gasteiger partial charge in [-0.15, -0.1) is 11.3 Å². The molecule has 0 aliphatic carbocycles. The van der Waals surface area contributed by atoms with Crippen molar-refractivity contribution < 1.29 is 39.9 Å². The van der Waals surface area contributed by atoms with E-state index in [1.54, 1.807) is 25.1 Å². The van der Waals surface area contributed by atoms with Crippen LogP contribution in [0.1, 0.15) is 29.1 Å². The normalized spacial score (nSPS) is 17.1. The molecule has 1 aromatic carbocycles. The van der Waals surface area contributed by atoms with Crippen LogP contribution in [-0.2, 0) is 21.8 Å². The summed E-state index contributed by atoms with van der Waals surface area (Å²) in [5, 5.41) is 14.0. The van der Waals surface area contributed by atoms with E-state index >= 15 is 0 Å². The molecule has 1 saturated heterocycles. The predicted octanol–water partition coefficient (Wildman–Crippen LogP) is 4.80. The number of aliphatic hydroxyl groups is 1. The Kier molecular flexibility index (Phi) is 6.98. The van der Waals surface area contributed by atoms with Crippen LogP contribution in [0.2, 0.25) is 0 Å². The Hall–Kier alpha value is -2.82. The molecule has 0 bridgehead atoms. The summed E-state index contributed by atoms with van der Waals surface area (Å²) in [5.74, 6) is -0.258. The van der Waals surface area contributed by atoms with Gasteiger partial charge in [-0.2, -0.15) is 30.6 Å². The second kappa shape index (κ2) is 9.49. The van der Waals surface area contributed by atoms with Crippen molar-refractivity contribution in [1.82, 2.24) is 19.3 Å². The fraction of sp³-hybridized carbons (Fsp3) is 0.381. The fourth-order valence-electron chi connectivity index (χ4n) is 3.78. The van der Waals surface area contributed by atoms with Crippen molar-refractivity contribution in [3.05, 3.63) is 52.9 Å². The van der Waals surface area contributed by atoms with Gasteiger partial charge in [0.05, 0.1) is 4.88 Å². The molecule has 2 aromatic heterocycles. The van der Waals surface area contributed by atoms with Crippen LogP contribution >= 0.6 is 11.3 Å². The average Bonchev–Trinajstić information content (AvgIpc) is 3.29. The number of hydrogen-bond acceptors (Lipinski definition) is 8. The Bertz CT molecular complexity index is 1400. The molecule has 0 atom stereocenters. The number of hydrogen-bond donors (Lipinski definition) is 2. The van der Waals surface area contributed by atoms with Gasteiger partial charge < -0.3 is 10.4 Å². The molecule has 1 aliphatic rings. The molecular formula is C21H19F6N5O3S2. The van der Waals surface area contributed by atoms with Crippen molar-refractivity contribution in [1.29, 1.82) is 0 Å². The Labute approximate surface area is 211 Å². The zero-order chi connectivity index (χ0) is 27.2. The first-order chi connectivity index (χ1) is 17.1. The SMILES string of the molecule is Cc1cc(Nc2nccc(C(F)(F)F)n2)cc(-c2cnc(C3(O)CCN(S(=O)(=O)C(F)(F)F)CC3)s2)c1. The summed E-state index contributed by atoms with van der Waals surface area (Å²) in [4.78, 5) is 12.1. The van der Waals surface area contributed by atoms with Crippen LogP contribution in [0.25, 0.3) is 10.4 Å². The van der Waals surface area contributed by atoms with Gasteiger partial charge in [0.15, 0.2) is 0 Å². The second-order valence-electron chi connectivity index (χ2n) is 8.39. The molecule has 3 heterocycles. The van der Waals surface area contributed by atoms with Gasteiger partial charge in [0.2, 0.25) is 5.95 Å². The molecule has 0 saturated carbocycles. The van der Waals surface area contributed by atoms with Crippen molar-refractivity contribution in [3.8, 4) is 10.4 Å². The molecule has 0 spiro atoms. The average molecular weight is 568 g/mol. The Morgan fingerprint density at radius 2 is 1.76 bits per heavy atom. The summed E-state index contributed by atoms with van der Waals surface area (Å²) >= 11 is 1.08. The second-order valence-corrected chi connectivity index (χ2v) is 11.3. The van der Waals surface area contributed by atoms with E-state index in [9.17, 15) is 39.9 Å². The molecule has 3 aromatic rings. The Balaban J connectivity index is 1.53. The summed E-state index contributed by atoms with van der Waals surface area (Å²) in [7, 11) is -5.49. The minimum Gasteiger partial charge on any atom is -0.383 e. The van der Waals surface area contributed by atoms with Crippen LogP contribution < -0.4 is 5.32 Å². The third-order valence-electron chi connectivity index (χ3n) is 5.65. The van der Waals surface area contributed by atoms with E-state index in [1.807, 2.05) is 0 Å². The largest absolute Gasteiger partial charge is 0.511 e. The maximum Gasteiger partial charge on any atom is 0.511 e. The summed E-state index contributed by atoms with van der Waals surface area (Å²) in [5.41, 5.74) is -6.39. The molecule has 2 N–H and O–H groups in total. The van der Waals surface area contributed by atoms with Gasteiger partial charge in [-0.05, 0) is 49.1 Å². The van der Waals surface area contributed by atoms with Crippen LogP contribution in [0.5, 0.6) is 0 Å². The molecular weight excluding hydrogens is 548 g/mol. The zero-order valence-electron chi connectivity index (χ0n) is 18.9. The standard InChI is InChI=1S/C21H19F6N5O3S2/c1-12-8-13(10-14(9-12)30-18-28-5-2-16(31-18)20(22,23)24)15-11-29-17(36-15)19(33)3-6-32(7-4-19)37(34,35)21(25,26)27/h2,5,8-11,33H,3-4,6-7H2,1H3,(H,28,30,31). The number of benzene rings is 1. The first-order valence-corrected chi connectivity index (χ1v) is 12.9. The number of alkyl halides is 6. The van der Waals surface area contributed by atoms with Gasteiger partial charge >= 0.3 is 21.7 Å². The minimum absolute atomic E-state index is 0.212. The summed E-state index contributed by atoms with van der Waals surface area (Å²) in [6.45, 7) is 0.708. The lowest BCUT2D eigenvalue weighted by molar-refractivity contribution is -0.141. The Morgan fingerprint density at radius 3 is 2.38 bits per heavy atom. The summed E-state index contributed by atoms with van der Waals surface area (Å²) in [6, 6.07) is 5.81. The maximum atomic E-state index is 12.9. The van der Waals surface area contributed by atoms with E-state index in [2.05, 4.69) is 20.3 Å². The molecule has 0 unspecified atom stereocenters. The third kappa shape index (κ3) is 5.71. The highest BCUT2D eigenvalue weighted by Crippen LogP contribution is 2.40. The van der Waals surface area contributed by atoms with Crippen LogP contribution in [-0.4, -0.2) is 51.4 Å². The first-order valence-electron chi connectivity index (χ1n) is 10.6. The number of piperidine rings is 1. The summed E-state index contributed by atoms with van der Waals surface area (Å²) in [6.07, 6.45) is -2.75. The number of halogens is 6. The van der Waals surface area contributed by atoms with E-state index in [1.165, 1.54) is 6.20 Å². The van der Waals surface area contributed by atoms with Crippen molar-refractivity contribution in [2.24, 2.45) is 0 Å². The van der Waals surface area contributed by atoms with E-state index < -0.39 is 46.1 Å². The number of sulfonamides is 1. The lowest BCUT2D eigenvalue weighted by Crippen LogP contribution is -2.49. The van der Waals surface area contributed by atoms with Gasteiger partial charge in [-0.3, -0.25) is 0 Å². The number of anilines is 2. The number of nitrogens with zero attached hydrogens (tertiary/aromatic N) is 4. The minimum atomic E-state index is -5.49. The lowest BCUT2D eigenvalue weighted by Gasteiger charge is -2.36. The highest BCUT2D eigenvalue weighted by atomic mass is 32.2. The van der Waals surface area contributed by atoms with Crippen molar-refractivity contribution in [2.75, 3.05) is 18.4 Å². The van der Waals surface area contributed by atoms with E-state index in [4.69, 9.17) is 0 Å². The predicted molar refractivity (Wildman–Crippen MR) is 122 cm³/mol. The number of thiazole rings is 1. The number of nitrogens with one attached hydrogen (secondary N) is 1. The van der Waals surface area contributed by atoms with E-state index in [-0.39, 0.29) is 23.8 Å². The quantitative estimate of drug-likeness (QED) is 0.427. The van der Waals surface area contributed by atoms with Crippen LogP contribution in [0.15, 0.2) is 36.7 Å². The highest BCUT2D eigenvalue weighted by Gasteiger charge is 2.52. The van der Waals surface area contributed by atoms with Crippen molar-refractivity contribution in [2.45, 2.75) is 37.1 Å². The van der Waals surface area contributed by atoms with Crippen LogP contribution in [0.4, 0.5) is 38.0 Å². The van der Waals surface area contributed by atoms with Crippen molar-refractivity contribution in [3.63, 3.8) is 0 Å². The number of aromatic nitrogens is 3. The highest BCUT2D eigenvalue weighted by molar-refractivity contribution is 7.90. The number of rotatable bonds is 5. The molecule has 37 heavy (non-hydrogen) atoms. The van der Waals surface area contributed by atoms with Gasteiger partial charge in [0.1, 0.15) is 16.3 Å². The molecule has 0 radical (unpaired) electrons. The van der Waals surface area contributed by atoms with E-state index in [0.717, 1.165) is 29.2 Å². The van der Waals surface area contributed by atoms with Crippen LogP contribution in [0, 0.1) is 6.92 Å². The fourth-order valence-corrected chi connectivity index (χ4v) is 5.79. The molecule has 200 valence electrons. The summed E-state index contributed by atoms with van der Waals surface area (Å²) < 4.78 is 101. The number of aryl methyl sites for hydroxylation is 1. The third-order valence-corrected chi connectivity index (χ3v) is 8.52. The molecule has 8 nitrogen and oxygen atoms in total.